The molecule has 0 radical (unpaired) electrons. The summed E-state index contributed by atoms with van der Waals surface area (Å²) in [6, 6.07) is 8.49. The van der Waals surface area contributed by atoms with E-state index < -0.39 is 10.9 Å². The van der Waals surface area contributed by atoms with Crippen LogP contribution in [-0.2, 0) is 0 Å². The first-order valence-electron chi connectivity index (χ1n) is 5.81. The van der Waals surface area contributed by atoms with Crippen molar-refractivity contribution in [3.05, 3.63) is 67.7 Å². The molecule has 0 atom stereocenters. The molecule has 0 aliphatic heterocycles. The molecule has 21 heavy (non-hydrogen) atoms. The number of carbonyl (C=O) groups is 1. The van der Waals surface area contributed by atoms with Gasteiger partial charge in [-0.3, -0.25) is 10.1 Å². The third-order valence-corrected chi connectivity index (χ3v) is 3.31. The van der Waals surface area contributed by atoms with Crippen molar-refractivity contribution >= 4 is 34.9 Å². The van der Waals surface area contributed by atoms with Crippen LogP contribution >= 0.6 is 23.2 Å². The number of halogens is 2. The molecule has 2 aromatic rings. The molecule has 5 nitrogen and oxygen atoms in total. The zero-order chi connectivity index (χ0) is 15.6. The van der Waals surface area contributed by atoms with E-state index in [9.17, 15) is 14.9 Å². The van der Waals surface area contributed by atoms with E-state index in [4.69, 9.17) is 27.9 Å². The number of ether oxygens (including phenoxy) is 1. The predicted molar refractivity (Wildman–Crippen MR) is 79.3 cm³/mol. The smallest absolute Gasteiger partial charge is 0.345 e. The molecular weight excluding hydrogens is 317 g/mol. The average molecular weight is 326 g/mol. The van der Waals surface area contributed by atoms with E-state index in [0.29, 0.717) is 0 Å². The summed E-state index contributed by atoms with van der Waals surface area (Å²) in [5.41, 5.74) is 0.512. The first-order valence-corrected chi connectivity index (χ1v) is 6.56. The normalized spacial score (nSPS) is 10.2. The quantitative estimate of drug-likeness (QED) is 0.362. The Kier molecular flexibility index (Phi) is 4.45. The largest absolute Gasteiger partial charge is 0.421 e. The minimum atomic E-state index is -0.809. The molecule has 0 N–H and O–H groups in total. The van der Waals surface area contributed by atoms with Gasteiger partial charge in [-0.2, -0.15) is 0 Å². The van der Waals surface area contributed by atoms with Gasteiger partial charge in [0.2, 0.25) is 0 Å². The molecule has 108 valence electrons. The Hall–Kier alpha value is -2.11. The lowest BCUT2D eigenvalue weighted by Gasteiger charge is -2.08. The maximum Gasteiger partial charge on any atom is 0.345 e. The Morgan fingerprint density at radius 1 is 1.14 bits per heavy atom. The minimum absolute atomic E-state index is 0.0642. The lowest BCUT2D eigenvalue weighted by Crippen LogP contribution is -2.10. The molecule has 0 saturated heterocycles. The number of rotatable bonds is 3. The highest BCUT2D eigenvalue weighted by molar-refractivity contribution is 6.34. The van der Waals surface area contributed by atoms with Crippen molar-refractivity contribution in [3.8, 4) is 5.75 Å². The van der Waals surface area contributed by atoms with Crippen LogP contribution in [-0.4, -0.2) is 10.9 Å². The van der Waals surface area contributed by atoms with E-state index in [2.05, 4.69) is 0 Å². The number of aryl methyl sites for hydroxylation is 1. The molecule has 0 heterocycles. The molecular formula is C14H9Cl2NO4. The van der Waals surface area contributed by atoms with Crippen LogP contribution in [0.25, 0.3) is 0 Å². The lowest BCUT2D eigenvalue weighted by atomic mass is 10.2. The van der Waals surface area contributed by atoms with Gasteiger partial charge in [-0.05, 0) is 30.7 Å². The Morgan fingerprint density at radius 2 is 1.81 bits per heavy atom. The van der Waals surface area contributed by atoms with Gasteiger partial charge in [-0.1, -0.05) is 29.3 Å². The molecule has 2 aromatic carbocycles. The lowest BCUT2D eigenvalue weighted by molar-refractivity contribution is -0.384. The topological polar surface area (TPSA) is 69.4 Å². The number of nitro groups is 1. The van der Waals surface area contributed by atoms with Crippen molar-refractivity contribution in [2.24, 2.45) is 0 Å². The van der Waals surface area contributed by atoms with Gasteiger partial charge in [0.1, 0.15) is 5.75 Å². The van der Waals surface area contributed by atoms with Crippen molar-refractivity contribution in [2.75, 3.05) is 0 Å². The van der Waals surface area contributed by atoms with Crippen LogP contribution in [0.15, 0.2) is 36.4 Å². The van der Waals surface area contributed by atoms with Crippen LogP contribution in [0.5, 0.6) is 5.75 Å². The van der Waals surface area contributed by atoms with Crippen LogP contribution < -0.4 is 4.74 Å². The van der Waals surface area contributed by atoms with Crippen LogP contribution in [0.4, 0.5) is 5.69 Å². The van der Waals surface area contributed by atoms with Crippen molar-refractivity contribution in [2.45, 2.75) is 6.92 Å². The SMILES string of the molecule is Cc1ccc(Cl)c(OC(=O)c2cc([N+](=O)[O-])ccc2Cl)c1. The Bertz CT molecular complexity index is 731. The van der Waals surface area contributed by atoms with E-state index >= 15 is 0 Å². The minimum Gasteiger partial charge on any atom is -0.421 e. The summed E-state index contributed by atoms with van der Waals surface area (Å²) in [6.45, 7) is 1.81. The van der Waals surface area contributed by atoms with Crippen molar-refractivity contribution in [1.82, 2.24) is 0 Å². The predicted octanol–water partition coefficient (Wildman–Crippen LogP) is 4.43. The molecule has 0 spiro atoms. The van der Waals surface area contributed by atoms with Crippen LogP contribution in [0.1, 0.15) is 15.9 Å². The van der Waals surface area contributed by atoms with Crippen LogP contribution in [0.2, 0.25) is 10.0 Å². The number of non-ortho nitro benzene ring substituents is 1. The van der Waals surface area contributed by atoms with Crippen molar-refractivity contribution in [3.63, 3.8) is 0 Å². The molecule has 0 unspecified atom stereocenters. The summed E-state index contributed by atoms with van der Waals surface area (Å²) < 4.78 is 5.15. The fourth-order valence-electron chi connectivity index (χ4n) is 1.63. The van der Waals surface area contributed by atoms with E-state index in [1.807, 2.05) is 6.92 Å². The van der Waals surface area contributed by atoms with Gasteiger partial charge < -0.3 is 4.74 Å². The molecule has 0 amide bonds. The average Bonchev–Trinajstić information content (AvgIpc) is 2.43. The maximum atomic E-state index is 12.1. The summed E-state index contributed by atoms with van der Waals surface area (Å²) in [5.74, 6) is -0.638. The highest BCUT2D eigenvalue weighted by Gasteiger charge is 2.18. The fraction of sp³-hybridized carbons (Fsp3) is 0.0714. The summed E-state index contributed by atoms with van der Waals surface area (Å²) >= 11 is 11.8. The first-order chi connectivity index (χ1) is 9.88. The Balaban J connectivity index is 2.34. The van der Waals surface area contributed by atoms with E-state index in [-0.39, 0.29) is 27.0 Å². The summed E-state index contributed by atoms with van der Waals surface area (Å²) in [7, 11) is 0. The highest BCUT2D eigenvalue weighted by atomic mass is 35.5. The number of hydrogen-bond acceptors (Lipinski definition) is 4. The second-order valence-electron chi connectivity index (χ2n) is 4.24. The van der Waals surface area contributed by atoms with Crippen molar-refractivity contribution < 1.29 is 14.5 Å². The van der Waals surface area contributed by atoms with Gasteiger partial charge in [0.25, 0.3) is 5.69 Å². The van der Waals surface area contributed by atoms with Gasteiger partial charge in [-0.25, -0.2) is 4.79 Å². The number of esters is 1. The van der Waals surface area contributed by atoms with E-state index in [1.165, 1.54) is 12.1 Å². The van der Waals surface area contributed by atoms with Crippen LogP contribution in [0.3, 0.4) is 0 Å². The molecule has 0 aromatic heterocycles. The number of carbonyl (C=O) groups excluding carboxylic acids is 1. The molecule has 2 rings (SSSR count). The van der Waals surface area contributed by atoms with Gasteiger partial charge in [-0.15, -0.1) is 0 Å². The van der Waals surface area contributed by atoms with Gasteiger partial charge in [0.05, 0.1) is 20.5 Å². The maximum absolute atomic E-state index is 12.1. The van der Waals surface area contributed by atoms with E-state index in [0.717, 1.165) is 11.6 Å². The fourth-order valence-corrected chi connectivity index (χ4v) is 1.98. The Labute approximate surface area is 130 Å². The van der Waals surface area contributed by atoms with Gasteiger partial charge >= 0.3 is 5.97 Å². The van der Waals surface area contributed by atoms with Gasteiger partial charge in [0.15, 0.2) is 0 Å². The molecule has 0 fully saturated rings. The monoisotopic (exact) mass is 325 g/mol. The molecule has 0 saturated carbocycles. The van der Waals surface area contributed by atoms with Crippen molar-refractivity contribution in [1.29, 1.82) is 0 Å². The second-order valence-corrected chi connectivity index (χ2v) is 5.06. The summed E-state index contributed by atoms with van der Waals surface area (Å²) in [6.07, 6.45) is 0. The molecule has 0 aliphatic rings. The summed E-state index contributed by atoms with van der Waals surface area (Å²) in [5, 5.41) is 11.1. The zero-order valence-electron chi connectivity index (χ0n) is 10.8. The Morgan fingerprint density at radius 3 is 2.48 bits per heavy atom. The zero-order valence-corrected chi connectivity index (χ0v) is 12.3. The number of hydrogen-bond donors (Lipinski definition) is 0. The third-order valence-electron chi connectivity index (χ3n) is 2.67. The number of nitrogens with zero attached hydrogens (tertiary/aromatic N) is 1. The highest BCUT2D eigenvalue weighted by Crippen LogP contribution is 2.28. The molecule has 0 aliphatic carbocycles. The van der Waals surface area contributed by atoms with Gasteiger partial charge in [0, 0.05) is 12.1 Å². The van der Waals surface area contributed by atoms with Crippen LogP contribution in [0, 0.1) is 17.0 Å². The molecule has 7 heteroatoms. The first kappa shape index (κ1) is 15.3. The second kappa shape index (κ2) is 6.11. The van der Waals surface area contributed by atoms with E-state index in [1.54, 1.807) is 18.2 Å². The standard InChI is InChI=1S/C14H9Cl2NO4/c1-8-2-4-12(16)13(6-8)21-14(18)10-7-9(17(19)20)3-5-11(10)15/h2-7H,1H3. The number of nitro benzene ring substituents is 1. The summed E-state index contributed by atoms with van der Waals surface area (Å²) in [4.78, 5) is 22.2. The third kappa shape index (κ3) is 3.51. The number of benzene rings is 2. The molecule has 0 bridgehead atoms.